The number of nitrogens with zero attached hydrogens (tertiary/aromatic N) is 1. The Morgan fingerprint density at radius 1 is 1.41 bits per heavy atom. The van der Waals surface area contributed by atoms with Crippen molar-refractivity contribution in [3.05, 3.63) is 27.7 Å². The highest BCUT2D eigenvalue weighted by atomic mass is 35.5. The summed E-state index contributed by atoms with van der Waals surface area (Å²) in [6.45, 7) is 1.29. The zero-order chi connectivity index (χ0) is 13.0. The second-order valence-corrected chi connectivity index (χ2v) is 4.71. The van der Waals surface area contributed by atoms with Gasteiger partial charge in [-0.1, -0.05) is 23.2 Å². The van der Waals surface area contributed by atoms with Gasteiger partial charge in [0.15, 0.2) is 0 Å². The molecule has 1 amide bonds. The Labute approximate surface area is 111 Å². The third-order valence-corrected chi connectivity index (χ3v) is 2.94. The molecule has 0 aromatic heterocycles. The summed E-state index contributed by atoms with van der Waals surface area (Å²) in [5.74, 6) is -0.272. The fourth-order valence-electron chi connectivity index (χ4n) is 1.26. The van der Waals surface area contributed by atoms with Gasteiger partial charge >= 0.3 is 0 Å². The molecule has 4 nitrogen and oxygen atoms in total. The lowest BCUT2D eigenvalue weighted by molar-refractivity contribution is 0.0951. The highest BCUT2D eigenvalue weighted by molar-refractivity contribution is 6.44. The number of hydrogen-bond donors (Lipinski definition) is 2. The zero-order valence-electron chi connectivity index (χ0n) is 9.76. The van der Waals surface area contributed by atoms with Gasteiger partial charge in [0.05, 0.1) is 15.6 Å². The summed E-state index contributed by atoms with van der Waals surface area (Å²) in [4.78, 5) is 13.8. The van der Waals surface area contributed by atoms with Crippen molar-refractivity contribution in [2.75, 3.05) is 32.9 Å². The van der Waals surface area contributed by atoms with Crippen LogP contribution in [-0.4, -0.2) is 38.0 Å². The van der Waals surface area contributed by atoms with E-state index in [0.29, 0.717) is 17.8 Å². The van der Waals surface area contributed by atoms with E-state index in [1.807, 2.05) is 19.0 Å². The van der Waals surface area contributed by atoms with E-state index >= 15 is 0 Å². The monoisotopic (exact) mass is 275 g/mol. The number of carbonyl (C=O) groups excluding carboxylic acids is 1. The van der Waals surface area contributed by atoms with Gasteiger partial charge in [0.1, 0.15) is 0 Å². The van der Waals surface area contributed by atoms with Crippen molar-refractivity contribution < 1.29 is 4.79 Å². The van der Waals surface area contributed by atoms with Crippen LogP contribution in [0.1, 0.15) is 10.4 Å². The number of likely N-dealkylation sites (N-methyl/N-ethyl adjacent to an activating group) is 1. The number of nitrogens with two attached hydrogens (primary N) is 1. The first-order chi connectivity index (χ1) is 7.91. The van der Waals surface area contributed by atoms with Crippen LogP contribution in [0.25, 0.3) is 0 Å². The molecule has 0 spiro atoms. The summed E-state index contributed by atoms with van der Waals surface area (Å²) in [6.07, 6.45) is 0. The predicted molar refractivity (Wildman–Crippen MR) is 71.8 cm³/mol. The molecule has 0 saturated carbocycles. The first-order valence-corrected chi connectivity index (χ1v) is 5.85. The molecule has 0 aliphatic rings. The molecule has 1 aromatic rings. The maximum absolute atomic E-state index is 11.8. The number of halogens is 2. The first-order valence-electron chi connectivity index (χ1n) is 5.09. The number of amides is 1. The van der Waals surface area contributed by atoms with Gasteiger partial charge < -0.3 is 16.0 Å². The molecular formula is C11H15Cl2N3O. The number of hydrogen-bond acceptors (Lipinski definition) is 3. The maximum Gasteiger partial charge on any atom is 0.252 e. The topological polar surface area (TPSA) is 58.4 Å². The van der Waals surface area contributed by atoms with Crippen LogP contribution in [0, 0.1) is 0 Å². The van der Waals surface area contributed by atoms with Crippen LogP contribution >= 0.6 is 23.2 Å². The quantitative estimate of drug-likeness (QED) is 0.825. The number of nitrogens with one attached hydrogen (secondary N) is 1. The van der Waals surface area contributed by atoms with Gasteiger partial charge in [0.25, 0.3) is 5.91 Å². The number of carbonyl (C=O) groups is 1. The predicted octanol–water partition coefficient (Wildman–Crippen LogP) is 1.87. The lowest BCUT2D eigenvalue weighted by Crippen LogP contribution is -2.31. The summed E-state index contributed by atoms with van der Waals surface area (Å²) in [6, 6.07) is 3.03. The summed E-state index contributed by atoms with van der Waals surface area (Å²) in [7, 11) is 3.85. The van der Waals surface area contributed by atoms with E-state index in [-0.39, 0.29) is 16.0 Å². The molecule has 0 atom stereocenters. The lowest BCUT2D eigenvalue weighted by Gasteiger charge is -2.11. The van der Waals surface area contributed by atoms with E-state index in [9.17, 15) is 4.79 Å². The highest BCUT2D eigenvalue weighted by Gasteiger charge is 2.13. The van der Waals surface area contributed by atoms with E-state index in [1.165, 1.54) is 12.1 Å². The van der Waals surface area contributed by atoms with E-state index in [2.05, 4.69) is 5.32 Å². The van der Waals surface area contributed by atoms with Gasteiger partial charge in [-0.15, -0.1) is 0 Å². The third kappa shape index (κ3) is 4.07. The molecule has 3 N–H and O–H groups in total. The van der Waals surface area contributed by atoms with Crippen molar-refractivity contribution in [1.82, 2.24) is 10.2 Å². The Bertz CT molecular complexity index is 421. The Morgan fingerprint density at radius 3 is 2.65 bits per heavy atom. The molecule has 6 heteroatoms. The average Bonchev–Trinajstić information content (AvgIpc) is 2.22. The van der Waals surface area contributed by atoms with Gasteiger partial charge in [-0.25, -0.2) is 0 Å². The van der Waals surface area contributed by atoms with Gasteiger partial charge in [-0.3, -0.25) is 4.79 Å². The van der Waals surface area contributed by atoms with E-state index in [0.717, 1.165) is 6.54 Å². The molecule has 17 heavy (non-hydrogen) atoms. The van der Waals surface area contributed by atoms with Crippen LogP contribution < -0.4 is 11.1 Å². The molecule has 0 saturated heterocycles. The Hall–Kier alpha value is -0.970. The SMILES string of the molecule is CN(C)CCNC(=O)c1cc(N)cc(Cl)c1Cl. The minimum absolute atomic E-state index is 0.225. The molecule has 0 aliphatic carbocycles. The van der Waals surface area contributed by atoms with Gasteiger partial charge in [-0.2, -0.15) is 0 Å². The van der Waals surface area contributed by atoms with Gasteiger partial charge in [0.2, 0.25) is 0 Å². The standard InChI is InChI=1S/C11H15Cl2N3O/c1-16(2)4-3-15-11(17)8-5-7(14)6-9(12)10(8)13/h5-6H,3-4,14H2,1-2H3,(H,15,17). The number of rotatable bonds is 4. The molecule has 1 rings (SSSR count). The first kappa shape index (κ1) is 14.1. The Morgan fingerprint density at radius 2 is 2.06 bits per heavy atom. The number of anilines is 1. The Kier molecular flexibility index (Phi) is 5.05. The highest BCUT2D eigenvalue weighted by Crippen LogP contribution is 2.28. The van der Waals surface area contributed by atoms with Crippen LogP contribution in [0.3, 0.4) is 0 Å². The summed E-state index contributed by atoms with van der Waals surface area (Å²) < 4.78 is 0. The molecule has 94 valence electrons. The van der Waals surface area contributed by atoms with Crippen molar-refractivity contribution in [1.29, 1.82) is 0 Å². The second-order valence-electron chi connectivity index (χ2n) is 3.92. The molecule has 0 fully saturated rings. The molecule has 0 unspecified atom stereocenters. The van der Waals surface area contributed by atoms with Gasteiger partial charge in [0, 0.05) is 18.8 Å². The molecule has 0 bridgehead atoms. The zero-order valence-corrected chi connectivity index (χ0v) is 11.3. The van der Waals surface area contributed by atoms with E-state index in [4.69, 9.17) is 28.9 Å². The molecule has 1 aromatic carbocycles. The van der Waals surface area contributed by atoms with Crippen LogP contribution in [0.4, 0.5) is 5.69 Å². The smallest absolute Gasteiger partial charge is 0.252 e. The fraction of sp³-hybridized carbons (Fsp3) is 0.364. The molecular weight excluding hydrogens is 261 g/mol. The molecule has 0 heterocycles. The van der Waals surface area contributed by atoms with Crippen LogP contribution in [0.5, 0.6) is 0 Å². The minimum atomic E-state index is -0.272. The van der Waals surface area contributed by atoms with Crippen molar-refractivity contribution in [2.45, 2.75) is 0 Å². The fourth-order valence-corrected chi connectivity index (χ4v) is 1.69. The summed E-state index contributed by atoms with van der Waals surface area (Å²) in [5, 5.41) is 3.25. The lowest BCUT2D eigenvalue weighted by atomic mass is 10.2. The van der Waals surface area contributed by atoms with Crippen molar-refractivity contribution >= 4 is 34.8 Å². The van der Waals surface area contributed by atoms with Crippen molar-refractivity contribution in [2.24, 2.45) is 0 Å². The normalized spacial score (nSPS) is 10.6. The number of nitrogen functional groups attached to an aromatic ring is 1. The third-order valence-electron chi connectivity index (χ3n) is 2.14. The van der Waals surface area contributed by atoms with Gasteiger partial charge in [-0.05, 0) is 26.2 Å². The Balaban J connectivity index is 2.75. The summed E-state index contributed by atoms with van der Waals surface area (Å²) >= 11 is 11.8. The molecule has 0 radical (unpaired) electrons. The second kappa shape index (κ2) is 6.10. The summed E-state index contributed by atoms with van der Waals surface area (Å²) in [5.41, 5.74) is 6.33. The largest absolute Gasteiger partial charge is 0.399 e. The van der Waals surface area contributed by atoms with Crippen molar-refractivity contribution in [3.8, 4) is 0 Å². The van der Waals surface area contributed by atoms with Crippen LogP contribution in [0.15, 0.2) is 12.1 Å². The minimum Gasteiger partial charge on any atom is -0.399 e. The van der Waals surface area contributed by atoms with Crippen LogP contribution in [0.2, 0.25) is 10.0 Å². The van der Waals surface area contributed by atoms with E-state index in [1.54, 1.807) is 0 Å². The molecule has 0 aliphatic heterocycles. The average molecular weight is 276 g/mol. The number of benzene rings is 1. The van der Waals surface area contributed by atoms with Crippen molar-refractivity contribution in [3.63, 3.8) is 0 Å². The maximum atomic E-state index is 11.8. The van der Waals surface area contributed by atoms with E-state index < -0.39 is 0 Å². The van der Waals surface area contributed by atoms with Crippen LogP contribution in [-0.2, 0) is 0 Å².